The molecular weight excluding hydrogens is 837 g/mol. The maximum absolute atomic E-state index is 6.58. The molecule has 0 aliphatic heterocycles. The van der Waals surface area contributed by atoms with Crippen LogP contribution in [0, 0.1) is 0 Å². The minimum Gasteiger partial charge on any atom is -0.486 e. The van der Waals surface area contributed by atoms with E-state index in [2.05, 4.69) is 160 Å². The summed E-state index contributed by atoms with van der Waals surface area (Å²) in [5.41, 5.74) is 12.0. The average molecular weight is 879 g/mol. The molecular formula is C60H42N6O2. The van der Waals surface area contributed by atoms with Crippen LogP contribution < -0.4 is 4.74 Å². The number of fused-ring (bicyclic) bond motifs is 10. The van der Waals surface area contributed by atoms with Gasteiger partial charge in [0.05, 0.1) is 28.6 Å². The number of rotatable bonds is 9. The van der Waals surface area contributed by atoms with Gasteiger partial charge in [0, 0.05) is 54.7 Å². The van der Waals surface area contributed by atoms with Crippen molar-refractivity contribution in [3.63, 3.8) is 0 Å². The van der Waals surface area contributed by atoms with Gasteiger partial charge in [-0.3, -0.25) is 9.56 Å². The molecule has 12 aromatic rings. The van der Waals surface area contributed by atoms with Crippen molar-refractivity contribution in [1.29, 1.82) is 0 Å². The molecule has 68 heavy (non-hydrogen) atoms. The fraction of sp³-hybridized carbons (Fsp3) is 0.0333. The lowest BCUT2D eigenvalue weighted by molar-refractivity contribution is 0.309. The van der Waals surface area contributed by atoms with E-state index in [0.29, 0.717) is 29.8 Å². The summed E-state index contributed by atoms with van der Waals surface area (Å²) < 4.78 is 17.7. The van der Waals surface area contributed by atoms with Crippen LogP contribution in [0.3, 0.4) is 0 Å². The van der Waals surface area contributed by atoms with Gasteiger partial charge in [0.15, 0.2) is 11.6 Å². The number of aliphatic imine (C=N–C) groups is 4. The van der Waals surface area contributed by atoms with E-state index >= 15 is 0 Å². The zero-order valence-electron chi connectivity index (χ0n) is 37.0. The summed E-state index contributed by atoms with van der Waals surface area (Å²) in [5, 5.41) is 6.45. The highest BCUT2D eigenvalue weighted by Gasteiger charge is 2.24. The number of ether oxygens (including phenoxy) is 1. The fourth-order valence-corrected chi connectivity index (χ4v) is 9.66. The lowest BCUT2D eigenvalue weighted by Crippen LogP contribution is -2.14. The molecule has 0 aliphatic carbocycles. The first-order valence-electron chi connectivity index (χ1n) is 22.5. The van der Waals surface area contributed by atoms with E-state index in [-0.39, 0.29) is 6.54 Å². The SMILES string of the molecule is C=NC(=NC(=NCc1cccc2c1oc1ccccc12)n1c2ccccc2c2ccc3c4ccccc4n(-c4cccc(-c5cccc(N=C)c5OCc5ccccc5)c4)c3c21)c1ccccc1. The van der Waals surface area contributed by atoms with Crippen molar-refractivity contribution in [1.82, 2.24) is 9.13 Å². The van der Waals surface area contributed by atoms with E-state index in [1.165, 1.54) is 0 Å². The van der Waals surface area contributed by atoms with Crippen molar-refractivity contribution in [3.05, 3.63) is 223 Å². The van der Waals surface area contributed by atoms with Crippen LogP contribution in [-0.2, 0) is 13.2 Å². The number of para-hydroxylation sites is 5. The molecule has 0 saturated carbocycles. The van der Waals surface area contributed by atoms with Gasteiger partial charge in [-0.15, -0.1) is 0 Å². The van der Waals surface area contributed by atoms with Gasteiger partial charge in [0.2, 0.25) is 5.96 Å². The minimum absolute atomic E-state index is 0.289. The Morgan fingerprint density at radius 2 is 1.22 bits per heavy atom. The molecule has 0 radical (unpaired) electrons. The third kappa shape index (κ3) is 6.86. The predicted molar refractivity (Wildman–Crippen MR) is 282 cm³/mol. The van der Waals surface area contributed by atoms with E-state index < -0.39 is 0 Å². The van der Waals surface area contributed by atoms with Crippen molar-refractivity contribution in [2.75, 3.05) is 0 Å². The van der Waals surface area contributed by atoms with Gasteiger partial charge < -0.3 is 13.7 Å². The summed E-state index contributed by atoms with van der Waals surface area (Å²) in [6.07, 6.45) is 0. The van der Waals surface area contributed by atoms with Crippen LogP contribution in [0.2, 0.25) is 0 Å². The van der Waals surface area contributed by atoms with Crippen LogP contribution in [0.15, 0.2) is 231 Å². The molecule has 0 N–H and O–H groups in total. The van der Waals surface area contributed by atoms with Gasteiger partial charge in [-0.2, -0.15) is 4.99 Å². The Labute approximate surface area is 391 Å². The molecule has 0 amide bonds. The second-order valence-electron chi connectivity index (χ2n) is 16.7. The number of amidine groups is 1. The minimum atomic E-state index is 0.289. The standard InChI is InChI=1S/C60H42N6O2/c1-61-51-30-17-28-44(58(51)67-38-39-18-5-3-6-19-39)41-22-15-24-43(36-41)65-52-31-12-9-25-45(52)48-34-35-49-46-26-10-13-32-53(46)66(56(49)55(48)65)60(64-59(62-2)40-20-7-4-8-21-40)63-37-42-23-16-29-50-47-27-11-14-33-54(47)68-57(42)50/h3-36H,1-2,37-38H2. The Bertz CT molecular complexity index is 3990. The van der Waals surface area contributed by atoms with E-state index in [9.17, 15) is 0 Å². The number of furan rings is 1. The summed E-state index contributed by atoms with van der Waals surface area (Å²) in [6.45, 7) is 8.59. The molecule has 12 rings (SSSR count). The Morgan fingerprint density at radius 1 is 0.559 bits per heavy atom. The van der Waals surface area contributed by atoms with Gasteiger partial charge in [-0.25, -0.2) is 9.98 Å². The summed E-state index contributed by atoms with van der Waals surface area (Å²) in [6, 6.07) is 70.7. The molecule has 9 aromatic carbocycles. The largest absolute Gasteiger partial charge is 0.486 e. The van der Waals surface area contributed by atoms with Gasteiger partial charge in [0.1, 0.15) is 23.5 Å². The third-order valence-electron chi connectivity index (χ3n) is 12.7. The van der Waals surface area contributed by atoms with Gasteiger partial charge in [-0.1, -0.05) is 170 Å². The molecule has 0 aliphatic rings. The van der Waals surface area contributed by atoms with Crippen molar-refractivity contribution in [3.8, 4) is 22.6 Å². The first-order chi connectivity index (χ1) is 33.7. The van der Waals surface area contributed by atoms with Crippen molar-refractivity contribution in [2.24, 2.45) is 20.0 Å². The summed E-state index contributed by atoms with van der Waals surface area (Å²) in [7, 11) is 0. The van der Waals surface area contributed by atoms with E-state index in [0.717, 1.165) is 99.1 Å². The average Bonchev–Trinajstić information content (AvgIpc) is 4.07. The Balaban J connectivity index is 1.12. The van der Waals surface area contributed by atoms with E-state index in [1.54, 1.807) is 0 Å². The molecule has 0 atom stereocenters. The lowest BCUT2D eigenvalue weighted by Gasteiger charge is -2.16. The molecule has 8 nitrogen and oxygen atoms in total. The quantitative estimate of drug-likeness (QED) is 0.107. The number of aromatic nitrogens is 2. The van der Waals surface area contributed by atoms with Crippen LogP contribution in [-0.4, -0.2) is 34.4 Å². The molecule has 0 fully saturated rings. The lowest BCUT2D eigenvalue weighted by atomic mass is 10.0. The third-order valence-corrected chi connectivity index (χ3v) is 12.7. The molecule has 0 unspecified atom stereocenters. The highest BCUT2D eigenvalue weighted by Crippen LogP contribution is 2.43. The van der Waals surface area contributed by atoms with Crippen LogP contribution in [0.25, 0.3) is 82.4 Å². The van der Waals surface area contributed by atoms with E-state index in [4.69, 9.17) is 19.1 Å². The van der Waals surface area contributed by atoms with Crippen LogP contribution >= 0.6 is 0 Å². The Kier molecular flexibility index (Phi) is 10.1. The Morgan fingerprint density at radius 3 is 2.01 bits per heavy atom. The molecule has 8 heteroatoms. The van der Waals surface area contributed by atoms with Gasteiger partial charge >= 0.3 is 0 Å². The summed E-state index contributed by atoms with van der Waals surface area (Å²) >= 11 is 0. The highest BCUT2D eigenvalue weighted by molar-refractivity contribution is 6.26. The molecule has 324 valence electrons. The topological polar surface area (TPSA) is 81.7 Å². The number of nitrogens with zero attached hydrogens (tertiary/aromatic N) is 6. The smallest absolute Gasteiger partial charge is 0.232 e. The van der Waals surface area contributed by atoms with Crippen molar-refractivity contribution < 1.29 is 9.15 Å². The molecule has 0 saturated heterocycles. The molecule has 0 bridgehead atoms. The normalized spacial score (nSPS) is 12.2. The monoisotopic (exact) mass is 878 g/mol. The van der Waals surface area contributed by atoms with Crippen LogP contribution in [0.1, 0.15) is 16.7 Å². The molecule has 0 spiro atoms. The summed E-state index contributed by atoms with van der Waals surface area (Å²) in [5.74, 6) is 1.59. The van der Waals surface area contributed by atoms with Gasteiger partial charge in [-0.05, 0) is 61.0 Å². The molecule has 3 heterocycles. The number of hydrogen-bond donors (Lipinski definition) is 0. The van der Waals surface area contributed by atoms with Crippen LogP contribution in [0.4, 0.5) is 5.69 Å². The number of hydrogen-bond acceptors (Lipinski definition) is 4. The second-order valence-corrected chi connectivity index (χ2v) is 16.7. The van der Waals surface area contributed by atoms with Crippen molar-refractivity contribution >= 4 is 96.5 Å². The number of benzene rings is 9. The molecule has 3 aromatic heterocycles. The Hall–Kier alpha value is -9.14. The predicted octanol–water partition coefficient (Wildman–Crippen LogP) is 14.9. The second kappa shape index (κ2) is 17.0. The highest BCUT2D eigenvalue weighted by atomic mass is 16.5. The zero-order valence-corrected chi connectivity index (χ0v) is 37.0. The fourth-order valence-electron chi connectivity index (χ4n) is 9.66. The summed E-state index contributed by atoms with van der Waals surface area (Å²) in [4.78, 5) is 19.7. The van der Waals surface area contributed by atoms with Crippen LogP contribution in [0.5, 0.6) is 5.75 Å². The van der Waals surface area contributed by atoms with Crippen molar-refractivity contribution in [2.45, 2.75) is 13.2 Å². The zero-order chi connectivity index (χ0) is 45.6. The van der Waals surface area contributed by atoms with Gasteiger partial charge in [0.25, 0.3) is 0 Å². The maximum atomic E-state index is 6.58. The maximum Gasteiger partial charge on any atom is 0.232 e. The first-order valence-corrected chi connectivity index (χ1v) is 22.5. The van der Waals surface area contributed by atoms with E-state index in [1.807, 2.05) is 78.9 Å². The first kappa shape index (κ1) is 40.4.